The molecule has 0 bridgehead atoms. The highest BCUT2D eigenvalue weighted by molar-refractivity contribution is 5.87. The van der Waals surface area contributed by atoms with E-state index in [4.69, 9.17) is 14.7 Å². The van der Waals surface area contributed by atoms with E-state index in [9.17, 15) is 9.90 Å². The average molecular weight is 390 g/mol. The van der Waals surface area contributed by atoms with Crippen molar-refractivity contribution in [2.24, 2.45) is 0 Å². The minimum atomic E-state index is -0.474. The highest BCUT2D eigenvalue weighted by Crippen LogP contribution is 2.26. The molecule has 6 nitrogen and oxygen atoms in total. The first-order valence-corrected chi connectivity index (χ1v) is 9.70. The smallest absolute Gasteiger partial charge is 0.273 e. The Hall–Kier alpha value is -3.14. The number of pyridine rings is 1. The van der Waals surface area contributed by atoms with Crippen LogP contribution in [-0.2, 0) is 16.0 Å². The molecule has 2 fully saturated rings. The molecule has 2 aliphatic rings. The van der Waals surface area contributed by atoms with E-state index in [0.29, 0.717) is 29.7 Å². The van der Waals surface area contributed by atoms with Crippen molar-refractivity contribution in [3.63, 3.8) is 0 Å². The molecule has 0 spiro atoms. The summed E-state index contributed by atoms with van der Waals surface area (Å²) in [6, 6.07) is 18.4. The average Bonchev–Trinajstić information content (AvgIpc) is 3.38. The minimum absolute atomic E-state index is 0.218. The van der Waals surface area contributed by atoms with Crippen LogP contribution < -0.4 is 5.56 Å². The predicted molar refractivity (Wildman–Crippen MR) is 109 cm³/mol. The third-order valence-electron chi connectivity index (χ3n) is 5.32. The van der Waals surface area contributed by atoms with E-state index in [1.54, 1.807) is 30.3 Å². The van der Waals surface area contributed by atoms with Crippen molar-refractivity contribution in [1.29, 1.82) is 5.26 Å². The molecule has 3 heterocycles. The molecule has 148 valence electrons. The lowest BCUT2D eigenvalue weighted by Crippen LogP contribution is -2.23. The van der Waals surface area contributed by atoms with E-state index in [1.807, 2.05) is 30.3 Å². The van der Waals surface area contributed by atoms with Crippen LogP contribution in [0, 0.1) is 11.3 Å². The molecule has 0 aliphatic carbocycles. The number of nitrogens with zero attached hydrogens (tertiary/aromatic N) is 2. The molecule has 0 saturated carbocycles. The summed E-state index contributed by atoms with van der Waals surface area (Å²) < 4.78 is 12.2. The van der Waals surface area contributed by atoms with Crippen molar-refractivity contribution in [3.05, 3.63) is 76.1 Å². The Balaban J connectivity index is 0.000000211. The Morgan fingerprint density at radius 3 is 2.28 bits per heavy atom. The molecule has 0 amide bonds. The Morgan fingerprint density at radius 1 is 1.00 bits per heavy atom. The predicted octanol–water partition coefficient (Wildman–Crippen LogP) is 3.19. The highest BCUT2D eigenvalue weighted by Gasteiger charge is 2.33. The Morgan fingerprint density at radius 2 is 1.62 bits per heavy atom. The summed E-state index contributed by atoms with van der Waals surface area (Å²) in [6.45, 7) is 2.18. The number of aromatic nitrogens is 1. The maximum Gasteiger partial charge on any atom is 0.273 e. The van der Waals surface area contributed by atoms with Gasteiger partial charge in [0, 0.05) is 18.6 Å². The van der Waals surface area contributed by atoms with Crippen LogP contribution in [-0.4, -0.2) is 35.1 Å². The van der Waals surface area contributed by atoms with Crippen LogP contribution in [0.1, 0.15) is 24.0 Å². The standard InChI is InChI=1S/C17H12N2O2.C6H10O2/c18-10-14-16(20)13-8-4-5-9-15(13)19(17(14)21)11-12-6-2-1-3-7-12;1-3-7-6-2-4-8-5(1)6/h1-9,20H,11H2;5-6H,1-4H2/t;5-,6-/m.1/s1. The quantitative estimate of drug-likeness (QED) is 0.726. The monoisotopic (exact) mass is 390 g/mol. The van der Waals surface area contributed by atoms with Gasteiger partial charge in [0.1, 0.15) is 11.8 Å². The summed E-state index contributed by atoms with van der Waals surface area (Å²) in [5, 5.41) is 19.7. The number of aromatic hydroxyl groups is 1. The summed E-state index contributed by atoms with van der Waals surface area (Å²) >= 11 is 0. The molecular weight excluding hydrogens is 368 g/mol. The molecule has 2 saturated heterocycles. The van der Waals surface area contributed by atoms with Gasteiger partial charge in [-0.1, -0.05) is 42.5 Å². The molecular formula is C23H22N2O4. The van der Waals surface area contributed by atoms with Crippen LogP contribution in [0.25, 0.3) is 10.9 Å². The van der Waals surface area contributed by atoms with Gasteiger partial charge >= 0.3 is 0 Å². The van der Waals surface area contributed by atoms with E-state index in [-0.39, 0.29) is 11.3 Å². The van der Waals surface area contributed by atoms with E-state index in [2.05, 4.69) is 0 Å². The Bertz CT molecular complexity index is 1080. The third-order valence-corrected chi connectivity index (χ3v) is 5.32. The Kier molecular flexibility index (Phi) is 5.61. The van der Waals surface area contributed by atoms with Crippen LogP contribution >= 0.6 is 0 Å². The molecule has 2 atom stereocenters. The zero-order chi connectivity index (χ0) is 20.2. The number of rotatable bonds is 2. The van der Waals surface area contributed by atoms with Gasteiger partial charge in [-0.2, -0.15) is 5.26 Å². The summed E-state index contributed by atoms with van der Waals surface area (Å²) in [4.78, 5) is 12.4. The zero-order valence-electron chi connectivity index (χ0n) is 16.0. The topological polar surface area (TPSA) is 84.5 Å². The van der Waals surface area contributed by atoms with Crippen molar-refractivity contribution in [2.75, 3.05) is 13.2 Å². The first kappa shape index (κ1) is 19.2. The van der Waals surface area contributed by atoms with Gasteiger partial charge in [-0.05, 0) is 30.5 Å². The van der Waals surface area contributed by atoms with Crippen molar-refractivity contribution in [2.45, 2.75) is 31.6 Å². The fourth-order valence-electron chi connectivity index (χ4n) is 3.84. The lowest BCUT2D eigenvalue weighted by molar-refractivity contribution is 0.0732. The maximum absolute atomic E-state index is 12.4. The van der Waals surface area contributed by atoms with Crippen molar-refractivity contribution >= 4 is 10.9 Å². The maximum atomic E-state index is 12.4. The van der Waals surface area contributed by atoms with Gasteiger partial charge in [0.2, 0.25) is 0 Å². The van der Waals surface area contributed by atoms with Gasteiger partial charge in [-0.15, -0.1) is 0 Å². The summed E-state index contributed by atoms with van der Waals surface area (Å²) in [5.41, 5.74) is 0.879. The molecule has 2 aromatic carbocycles. The van der Waals surface area contributed by atoms with Crippen LogP contribution in [0.5, 0.6) is 5.75 Å². The number of ether oxygens (including phenoxy) is 2. The lowest BCUT2D eigenvalue weighted by atomic mass is 10.1. The van der Waals surface area contributed by atoms with Crippen LogP contribution in [0.2, 0.25) is 0 Å². The molecule has 0 unspecified atom stereocenters. The second kappa shape index (κ2) is 8.48. The summed E-state index contributed by atoms with van der Waals surface area (Å²) in [7, 11) is 0. The van der Waals surface area contributed by atoms with Gasteiger partial charge < -0.3 is 19.1 Å². The number of hydrogen-bond acceptors (Lipinski definition) is 5. The fourth-order valence-corrected chi connectivity index (χ4v) is 3.84. The van der Waals surface area contributed by atoms with Crippen molar-refractivity contribution in [3.8, 4) is 11.8 Å². The zero-order valence-corrected chi connectivity index (χ0v) is 16.0. The molecule has 29 heavy (non-hydrogen) atoms. The highest BCUT2D eigenvalue weighted by atomic mass is 16.6. The van der Waals surface area contributed by atoms with Gasteiger partial charge in [0.05, 0.1) is 24.3 Å². The number of benzene rings is 2. The second-order valence-corrected chi connectivity index (χ2v) is 7.13. The van der Waals surface area contributed by atoms with Gasteiger partial charge in [-0.3, -0.25) is 4.79 Å². The van der Waals surface area contributed by atoms with Crippen LogP contribution in [0.3, 0.4) is 0 Å². The van der Waals surface area contributed by atoms with Gasteiger partial charge in [0.15, 0.2) is 5.56 Å². The molecule has 1 aromatic heterocycles. The van der Waals surface area contributed by atoms with Gasteiger partial charge in [0.25, 0.3) is 5.56 Å². The third kappa shape index (κ3) is 3.88. The number of nitriles is 1. The van der Waals surface area contributed by atoms with E-state index in [0.717, 1.165) is 31.6 Å². The summed E-state index contributed by atoms with van der Waals surface area (Å²) in [6.07, 6.45) is 3.14. The van der Waals surface area contributed by atoms with Crippen molar-refractivity contribution in [1.82, 2.24) is 4.57 Å². The molecule has 1 N–H and O–H groups in total. The SMILES string of the molecule is C1C[C@H]2OCC[C@H]2O1.N#Cc1c(O)c2ccccc2n(Cc2ccccc2)c1=O. The second-order valence-electron chi connectivity index (χ2n) is 7.13. The molecule has 5 rings (SSSR count). The fraction of sp³-hybridized carbons (Fsp3) is 0.304. The largest absolute Gasteiger partial charge is 0.506 e. The molecule has 6 heteroatoms. The number of fused-ring (bicyclic) bond motifs is 2. The summed E-state index contributed by atoms with van der Waals surface area (Å²) in [5.74, 6) is -0.248. The minimum Gasteiger partial charge on any atom is -0.506 e. The number of para-hydroxylation sites is 1. The Labute approximate surface area is 168 Å². The van der Waals surface area contributed by atoms with Crippen LogP contribution in [0.15, 0.2) is 59.4 Å². The first-order valence-electron chi connectivity index (χ1n) is 9.70. The van der Waals surface area contributed by atoms with Crippen molar-refractivity contribution < 1.29 is 14.6 Å². The molecule has 3 aromatic rings. The normalized spacial score (nSPS) is 20.0. The molecule has 0 radical (unpaired) electrons. The molecule has 2 aliphatic heterocycles. The van der Waals surface area contributed by atoms with Crippen LogP contribution in [0.4, 0.5) is 0 Å². The van der Waals surface area contributed by atoms with E-state index in [1.165, 1.54) is 4.57 Å². The number of hydrogen-bond donors (Lipinski definition) is 1. The lowest BCUT2D eigenvalue weighted by Gasteiger charge is -2.12. The first-order chi connectivity index (χ1) is 14.2. The van der Waals surface area contributed by atoms with Gasteiger partial charge in [-0.25, -0.2) is 0 Å². The van der Waals surface area contributed by atoms with E-state index >= 15 is 0 Å². The van der Waals surface area contributed by atoms with E-state index < -0.39 is 5.56 Å².